The number of rotatable bonds is 1. The molecule has 1 aliphatic heterocycles. The molecule has 1 fully saturated rings. The summed E-state index contributed by atoms with van der Waals surface area (Å²) in [6, 6.07) is 2.02. The smallest absolute Gasteiger partial charge is 0.410 e. The third-order valence-corrected chi connectivity index (χ3v) is 4.06. The number of hydrogen-bond acceptors (Lipinski definition) is 4. The van der Waals surface area contributed by atoms with E-state index in [1.165, 1.54) is 11.0 Å². The average Bonchev–Trinajstić information content (AvgIpc) is 2.48. The Bertz CT molecular complexity index is 684. The van der Waals surface area contributed by atoms with E-state index in [9.17, 15) is 19.1 Å². The molecule has 1 aromatic rings. The van der Waals surface area contributed by atoms with Crippen molar-refractivity contribution in [2.75, 3.05) is 19.6 Å². The van der Waals surface area contributed by atoms with E-state index < -0.39 is 23.4 Å². The number of phenols is 1. The van der Waals surface area contributed by atoms with Crippen molar-refractivity contribution < 1.29 is 23.8 Å². The van der Waals surface area contributed by atoms with E-state index in [0.717, 1.165) is 6.07 Å². The molecule has 1 saturated heterocycles. The van der Waals surface area contributed by atoms with Crippen molar-refractivity contribution in [2.24, 2.45) is 0 Å². The zero-order chi connectivity index (χ0) is 18.9. The van der Waals surface area contributed by atoms with Crippen molar-refractivity contribution in [3.8, 4) is 5.75 Å². The van der Waals surface area contributed by atoms with Crippen LogP contribution >= 0.6 is 0 Å². The van der Waals surface area contributed by atoms with Crippen LogP contribution in [-0.2, 0) is 4.74 Å². The van der Waals surface area contributed by atoms with Crippen molar-refractivity contribution in [2.45, 2.75) is 46.3 Å². The van der Waals surface area contributed by atoms with Crippen LogP contribution in [0.15, 0.2) is 12.1 Å². The molecule has 2 amide bonds. The molecule has 0 bridgehead atoms. The predicted octanol–water partition coefficient (Wildman–Crippen LogP) is 2.92. The molecule has 6 nitrogen and oxygen atoms in total. The molecule has 7 heteroatoms. The van der Waals surface area contributed by atoms with Crippen molar-refractivity contribution in [1.29, 1.82) is 0 Å². The summed E-state index contributed by atoms with van der Waals surface area (Å²) in [6.45, 7) is 9.73. The molecule has 1 aromatic carbocycles. The van der Waals surface area contributed by atoms with Gasteiger partial charge in [0.05, 0.1) is 5.56 Å². The summed E-state index contributed by atoms with van der Waals surface area (Å²) in [4.78, 5) is 27.9. The van der Waals surface area contributed by atoms with E-state index in [4.69, 9.17) is 4.74 Å². The van der Waals surface area contributed by atoms with E-state index in [0.29, 0.717) is 25.2 Å². The largest absolute Gasteiger partial charge is 0.508 e. The Morgan fingerprint density at radius 2 is 1.92 bits per heavy atom. The van der Waals surface area contributed by atoms with Gasteiger partial charge in [-0.3, -0.25) is 4.79 Å². The number of carbonyl (C=O) groups excluding carboxylic acids is 2. The molecule has 138 valence electrons. The minimum atomic E-state index is -0.755. The maximum atomic E-state index is 14.1. The van der Waals surface area contributed by atoms with Crippen LogP contribution in [0.25, 0.3) is 0 Å². The van der Waals surface area contributed by atoms with Crippen LogP contribution in [0.5, 0.6) is 5.75 Å². The number of carbonyl (C=O) groups is 2. The lowest BCUT2D eigenvalue weighted by Gasteiger charge is -2.40. The fourth-order valence-electron chi connectivity index (χ4n) is 2.74. The topological polar surface area (TPSA) is 70.1 Å². The maximum absolute atomic E-state index is 14.1. The van der Waals surface area contributed by atoms with Crippen LogP contribution in [0.2, 0.25) is 0 Å². The lowest BCUT2D eigenvalue weighted by Crippen LogP contribution is -2.56. The highest BCUT2D eigenvalue weighted by Gasteiger charge is 2.33. The number of halogens is 1. The lowest BCUT2D eigenvalue weighted by atomic mass is 10.1. The number of hydrogen-bond donors (Lipinski definition) is 1. The maximum Gasteiger partial charge on any atom is 0.410 e. The first-order chi connectivity index (χ1) is 11.5. The van der Waals surface area contributed by atoms with Crippen LogP contribution in [0.3, 0.4) is 0 Å². The van der Waals surface area contributed by atoms with Gasteiger partial charge in [0.25, 0.3) is 5.91 Å². The van der Waals surface area contributed by atoms with E-state index in [-0.39, 0.29) is 17.4 Å². The fourth-order valence-corrected chi connectivity index (χ4v) is 2.74. The molecular weight excluding hydrogens is 327 g/mol. The normalized spacial score (nSPS) is 18.2. The third-order valence-electron chi connectivity index (χ3n) is 4.06. The number of amides is 2. The number of ether oxygens (including phenoxy) is 1. The van der Waals surface area contributed by atoms with Gasteiger partial charge in [0.2, 0.25) is 0 Å². The Labute approximate surface area is 147 Å². The number of aromatic hydroxyl groups is 1. The first-order valence-corrected chi connectivity index (χ1v) is 8.27. The Balaban J connectivity index is 2.10. The lowest BCUT2D eigenvalue weighted by molar-refractivity contribution is 0.00607. The summed E-state index contributed by atoms with van der Waals surface area (Å²) in [7, 11) is 0. The number of phenolic OH excluding ortho intramolecular Hbond substituents is 1. The molecule has 25 heavy (non-hydrogen) atoms. The molecule has 0 unspecified atom stereocenters. The van der Waals surface area contributed by atoms with Gasteiger partial charge in [0.1, 0.15) is 17.2 Å². The van der Waals surface area contributed by atoms with Gasteiger partial charge in [-0.2, -0.15) is 0 Å². The van der Waals surface area contributed by atoms with Crippen LogP contribution in [0, 0.1) is 12.7 Å². The van der Waals surface area contributed by atoms with Crippen molar-refractivity contribution in [1.82, 2.24) is 9.80 Å². The monoisotopic (exact) mass is 352 g/mol. The van der Waals surface area contributed by atoms with Crippen molar-refractivity contribution in [3.05, 3.63) is 29.1 Å². The van der Waals surface area contributed by atoms with Crippen molar-refractivity contribution in [3.63, 3.8) is 0 Å². The van der Waals surface area contributed by atoms with Crippen LogP contribution in [0.4, 0.5) is 9.18 Å². The Morgan fingerprint density at radius 1 is 1.28 bits per heavy atom. The Hall–Kier alpha value is -2.31. The first-order valence-electron chi connectivity index (χ1n) is 8.27. The molecule has 1 atom stereocenters. The minimum absolute atomic E-state index is 0.0760. The molecule has 0 aromatic heterocycles. The van der Waals surface area contributed by atoms with E-state index in [1.54, 1.807) is 39.5 Å². The van der Waals surface area contributed by atoms with Gasteiger partial charge in [0.15, 0.2) is 0 Å². The van der Waals surface area contributed by atoms with E-state index in [1.807, 2.05) is 0 Å². The summed E-state index contributed by atoms with van der Waals surface area (Å²) >= 11 is 0. The number of piperazine rings is 1. The second-order valence-electron chi connectivity index (χ2n) is 7.39. The van der Waals surface area contributed by atoms with Crippen molar-refractivity contribution >= 4 is 12.0 Å². The van der Waals surface area contributed by atoms with E-state index >= 15 is 0 Å². The van der Waals surface area contributed by atoms with Gasteiger partial charge < -0.3 is 19.6 Å². The molecule has 0 spiro atoms. The zero-order valence-corrected chi connectivity index (χ0v) is 15.3. The van der Waals surface area contributed by atoms with E-state index in [2.05, 4.69) is 0 Å². The Kier molecular flexibility index (Phi) is 5.25. The number of benzene rings is 1. The summed E-state index contributed by atoms with van der Waals surface area (Å²) in [5.41, 5.74) is -0.224. The second-order valence-corrected chi connectivity index (χ2v) is 7.39. The summed E-state index contributed by atoms with van der Waals surface area (Å²) in [5.74, 6) is -1.39. The van der Waals surface area contributed by atoms with Crippen LogP contribution in [0.1, 0.15) is 43.6 Å². The molecule has 0 radical (unpaired) electrons. The highest BCUT2D eigenvalue weighted by Crippen LogP contribution is 2.24. The van der Waals surface area contributed by atoms with Gasteiger partial charge in [-0.15, -0.1) is 0 Å². The third kappa shape index (κ3) is 4.41. The molecule has 0 saturated carbocycles. The average molecular weight is 352 g/mol. The van der Waals surface area contributed by atoms with Crippen LogP contribution < -0.4 is 0 Å². The van der Waals surface area contributed by atoms with Crippen LogP contribution in [-0.4, -0.2) is 58.2 Å². The van der Waals surface area contributed by atoms with Gasteiger partial charge in [-0.1, -0.05) is 0 Å². The molecule has 1 N–H and O–H groups in total. The minimum Gasteiger partial charge on any atom is -0.508 e. The SMILES string of the molecule is Cc1cc(C(=O)N2CCN(C(=O)OC(C)(C)C)C[C@@H]2C)c(F)cc1O. The standard InChI is InChI=1S/C18H25FN2O4/c1-11-8-13(14(19)9-15(11)22)16(23)21-7-6-20(10-12(21)2)17(24)25-18(3,4)5/h8-9,12,22H,6-7,10H2,1-5H3/t12-/m0/s1. The molecule has 1 heterocycles. The van der Waals surface area contributed by atoms with Gasteiger partial charge >= 0.3 is 6.09 Å². The molecular formula is C18H25FN2O4. The quantitative estimate of drug-likeness (QED) is 0.844. The first kappa shape index (κ1) is 19.0. The number of nitrogens with zero attached hydrogens (tertiary/aromatic N) is 2. The van der Waals surface area contributed by atoms with Gasteiger partial charge in [-0.25, -0.2) is 9.18 Å². The summed E-state index contributed by atoms with van der Waals surface area (Å²) in [5, 5.41) is 9.53. The molecule has 2 rings (SSSR count). The Morgan fingerprint density at radius 3 is 2.48 bits per heavy atom. The fraction of sp³-hybridized carbons (Fsp3) is 0.556. The van der Waals surface area contributed by atoms with Gasteiger partial charge in [0, 0.05) is 31.7 Å². The van der Waals surface area contributed by atoms with Gasteiger partial charge in [-0.05, 0) is 46.2 Å². The summed E-state index contributed by atoms with van der Waals surface area (Å²) in [6.07, 6.45) is -0.418. The summed E-state index contributed by atoms with van der Waals surface area (Å²) < 4.78 is 19.4. The highest BCUT2D eigenvalue weighted by molar-refractivity contribution is 5.95. The second kappa shape index (κ2) is 6.90. The predicted molar refractivity (Wildman–Crippen MR) is 91.1 cm³/mol. The molecule has 0 aliphatic carbocycles. The number of aryl methyl sites for hydroxylation is 1. The highest BCUT2D eigenvalue weighted by atomic mass is 19.1. The zero-order valence-electron chi connectivity index (χ0n) is 15.3. The molecule has 1 aliphatic rings.